The fourth-order valence-corrected chi connectivity index (χ4v) is 7.34. The van der Waals surface area contributed by atoms with Crippen LogP contribution in [0.15, 0.2) is 152 Å². The van der Waals surface area contributed by atoms with Crippen molar-refractivity contribution in [3.63, 3.8) is 0 Å². The minimum absolute atomic E-state index is 0.395. The van der Waals surface area contributed by atoms with Crippen molar-refractivity contribution in [3.8, 4) is 80.3 Å². The van der Waals surface area contributed by atoms with Crippen LogP contribution in [0, 0.1) is 45.3 Å². The van der Waals surface area contributed by atoms with Crippen molar-refractivity contribution in [1.29, 1.82) is 21.0 Å². The Kier molecular flexibility index (Phi) is 8.23. The Morgan fingerprint density at radius 1 is 0.339 bits per heavy atom. The van der Waals surface area contributed by atoms with Gasteiger partial charge in [0.05, 0.1) is 80.2 Å². The summed E-state index contributed by atoms with van der Waals surface area (Å²) in [5.41, 5.74) is 11.7. The summed E-state index contributed by atoms with van der Waals surface area (Å²) in [5, 5.41) is 41.5. The molecular weight excluding hydrogens is 687 g/mol. The molecule has 7 nitrogen and oxygen atoms in total. The number of rotatable bonds is 5. The molecule has 0 aliphatic carbocycles. The third-order valence-electron chi connectivity index (χ3n) is 9.95. The van der Waals surface area contributed by atoms with E-state index in [0.717, 1.165) is 60.6 Å². The lowest BCUT2D eigenvalue weighted by Gasteiger charge is -2.19. The summed E-state index contributed by atoms with van der Waals surface area (Å²) < 4.78 is 0. The number of hydrogen-bond acceptors (Lipinski definition) is 7. The SMILES string of the molecule is N#Cc1ccc(-c2nc3c(-c4ccccc4)cc4c(-c5ccccc5-c5cc(C#N)cc(C#N)c5)nc5ccccc5c4c3nc2-c2ccc(C#N)cc2)cc1. The zero-order chi connectivity index (χ0) is 38.2. The average molecular weight is 712 g/mol. The van der Waals surface area contributed by atoms with Gasteiger partial charge >= 0.3 is 0 Å². The maximum Gasteiger partial charge on any atom is 0.0992 e. The third-order valence-corrected chi connectivity index (χ3v) is 9.95. The van der Waals surface area contributed by atoms with Crippen molar-refractivity contribution in [3.05, 3.63) is 174 Å². The molecule has 0 aliphatic heterocycles. The Hall–Kier alpha value is -8.49. The van der Waals surface area contributed by atoms with E-state index in [1.165, 1.54) is 0 Å². The minimum atomic E-state index is 0.395. The normalized spacial score (nSPS) is 10.8. The quantitative estimate of drug-likeness (QED) is 0.162. The molecule has 256 valence electrons. The van der Waals surface area contributed by atoms with E-state index >= 15 is 0 Å². The molecule has 0 unspecified atom stereocenters. The predicted octanol–water partition coefficient (Wildman–Crippen LogP) is 11.2. The third kappa shape index (κ3) is 5.72. The molecule has 2 heterocycles. The van der Waals surface area contributed by atoms with Crippen molar-refractivity contribution in [2.24, 2.45) is 0 Å². The molecule has 0 fully saturated rings. The van der Waals surface area contributed by atoms with Crippen LogP contribution in [0.2, 0.25) is 0 Å². The molecule has 0 amide bonds. The standard InChI is InChI=1S/C49H25N7/c50-26-30-14-18-35(19-15-30)45-46(36-20-16-31(27-51)17-21-36)56-49-44-40-12-6-7-13-43(40)54-47(42(44)25-41(48(49)55-45)34-8-2-1-3-9-34)39-11-5-4-10-38(39)37-23-32(28-52)22-33(24-37)29-53/h1-25H. The first-order valence-electron chi connectivity index (χ1n) is 17.8. The second-order valence-electron chi connectivity index (χ2n) is 13.3. The van der Waals surface area contributed by atoms with E-state index in [1.807, 2.05) is 84.9 Å². The molecule has 0 radical (unpaired) electrons. The molecular formula is C49H25N7. The predicted molar refractivity (Wildman–Crippen MR) is 218 cm³/mol. The van der Waals surface area contributed by atoms with Gasteiger partial charge in [-0.15, -0.1) is 0 Å². The fraction of sp³-hybridized carbons (Fsp3) is 0. The average Bonchev–Trinajstić information content (AvgIpc) is 3.28. The second-order valence-corrected chi connectivity index (χ2v) is 13.3. The molecule has 56 heavy (non-hydrogen) atoms. The van der Waals surface area contributed by atoms with Crippen molar-refractivity contribution in [2.45, 2.75) is 0 Å². The molecule has 7 heteroatoms. The molecule has 0 saturated carbocycles. The largest absolute Gasteiger partial charge is 0.247 e. The van der Waals surface area contributed by atoms with E-state index in [-0.39, 0.29) is 0 Å². The van der Waals surface area contributed by atoms with Gasteiger partial charge in [-0.05, 0) is 71.3 Å². The first-order chi connectivity index (χ1) is 27.6. The van der Waals surface area contributed by atoms with Gasteiger partial charge in [0.1, 0.15) is 0 Å². The van der Waals surface area contributed by atoms with Crippen LogP contribution >= 0.6 is 0 Å². The first kappa shape index (κ1) is 33.4. The van der Waals surface area contributed by atoms with Gasteiger partial charge in [-0.25, -0.2) is 15.0 Å². The van der Waals surface area contributed by atoms with Gasteiger partial charge in [0.15, 0.2) is 0 Å². The number of hydrogen-bond donors (Lipinski definition) is 0. The van der Waals surface area contributed by atoms with E-state index in [2.05, 4.69) is 48.5 Å². The number of nitrogens with zero attached hydrogens (tertiary/aromatic N) is 7. The van der Waals surface area contributed by atoms with Gasteiger partial charge < -0.3 is 0 Å². The van der Waals surface area contributed by atoms with E-state index in [9.17, 15) is 21.0 Å². The van der Waals surface area contributed by atoms with Crippen LogP contribution in [-0.2, 0) is 0 Å². The van der Waals surface area contributed by atoms with Crippen LogP contribution in [0.1, 0.15) is 22.3 Å². The van der Waals surface area contributed by atoms with Crippen LogP contribution in [0.4, 0.5) is 0 Å². The summed E-state index contributed by atoms with van der Waals surface area (Å²) in [4.78, 5) is 16.3. The van der Waals surface area contributed by atoms with Crippen LogP contribution in [-0.4, -0.2) is 15.0 Å². The molecule has 0 spiro atoms. The summed E-state index contributed by atoms with van der Waals surface area (Å²) >= 11 is 0. The highest BCUT2D eigenvalue weighted by Gasteiger charge is 2.23. The number of para-hydroxylation sites is 1. The maximum absolute atomic E-state index is 9.85. The number of aromatic nitrogens is 3. The topological polar surface area (TPSA) is 134 Å². The monoisotopic (exact) mass is 711 g/mol. The first-order valence-corrected chi connectivity index (χ1v) is 17.8. The number of fused-ring (bicyclic) bond motifs is 5. The maximum atomic E-state index is 9.85. The van der Waals surface area contributed by atoms with Crippen LogP contribution in [0.5, 0.6) is 0 Å². The summed E-state index contributed by atoms with van der Waals surface area (Å²) in [5.74, 6) is 0. The molecule has 0 saturated heterocycles. The molecule has 2 aromatic heterocycles. The Labute approximate surface area is 321 Å². The van der Waals surface area contributed by atoms with E-state index in [1.54, 1.807) is 42.5 Å². The van der Waals surface area contributed by atoms with Crippen molar-refractivity contribution < 1.29 is 0 Å². The number of nitriles is 4. The highest BCUT2D eigenvalue weighted by molar-refractivity contribution is 6.24. The molecule has 9 aromatic rings. The summed E-state index contributed by atoms with van der Waals surface area (Å²) in [6.07, 6.45) is 0. The van der Waals surface area contributed by atoms with E-state index < -0.39 is 0 Å². The Morgan fingerprint density at radius 2 is 0.875 bits per heavy atom. The van der Waals surface area contributed by atoms with Crippen molar-refractivity contribution >= 4 is 32.7 Å². The summed E-state index contributed by atoms with van der Waals surface area (Å²) in [6.45, 7) is 0. The number of benzene rings is 7. The van der Waals surface area contributed by atoms with Gasteiger partial charge in [-0.1, -0.05) is 97.1 Å². The van der Waals surface area contributed by atoms with Gasteiger partial charge in [-0.3, -0.25) is 0 Å². The fourth-order valence-electron chi connectivity index (χ4n) is 7.34. The Bertz CT molecular complexity index is 3180. The number of pyridine rings is 1. The van der Waals surface area contributed by atoms with Crippen LogP contribution in [0.3, 0.4) is 0 Å². The van der Waals surface area contributed by atoms with Crippen molar-refractivity contribution in [2.75, 3.05) is 0 Å². The van der Waals surface area contributed by atoms with Crippen LogP contribution in [0.25, 0.3) is 88.7 Å². The lowest BCUT2D eigenvalue weighted by atomic mass is 9.90. The molecule has 0 aliphatic rings. The van der Waals surface area contributed by atoms with Gasteiger partial charge in [-0.2, -0.15) is 21.0 Å². The summed E-state index contributed by atoms with van der Waals surface area (Å²) in [6, 6.07) is 56.8. The molecule has 0 bridgehead atoms. The van der Waals surface area contributed by atoms with E-state index in [0.29, 0.717) is 50.4 Å². The second kappa shape index (κ2) is 13.8. The Balaban J connectivity index is 1.45. The van der Waals surface area contributed by atoms with Gasteiger partial charge in [0.25, 0.3) is 0 Å². The molecule has 0 atom stereocenters. The lowest BCUT2D eigenvalue weighted by molar-refractivity contribution is 1.30. The summed E-state index contributed by atoms with van der Waals surface area (Å²) in [7, 11) is 0. The van der Waals surface area contributed by atoms with Crippen LogP contribution < -0.4 is 0 Å². The smallest absolute Gasteiger partial charge is 0.0992 e. The van der Waals surface area contributed by atoms with Gasteiger partial charge in [0.2, 0.25) is 0 Å². The molecule has 7 aromatic carbocycles. The molecule has 0 N–H and O–H groups in total. The zero-order valence-electron chi connectivity index (χ0n) is 29.6. The lowest BCUT2D eigenvalue weighted by Crippen LogP contribution is -2.00. The molecule has 9 rings (SSSR count). The van der Waals surface area contributed by atoms with Crippen molar-refractivity contribution in [1.82, 2.24) is 15.0 Å². The highest BCUT2D eigenvalue weighted by atomic mass is 14.8. The van der Waals surface area contributed by atoms with E-state index in [4.69, 9.17) is 15.0 Å². The van der Waals surface area contributed by atoms with Gasteiger partial charge in [0, 0.05) is 38.4 Å². The highest BCUT2D eigenvalue weighted by Crippen LogP contribution is 2.44. The zero-order valence-corrected chi connectivity index (χ0v) is 29.6. The minimum Gasteiger partial charge on any atom is -0.247 e. The Morgan fingerprint density at radius 3 is 1.48 bits per heavy atom.